The van der Waals surface area contributed by atoms with Crippen LogP contribution in [0.3, 0.4) is 0 Å². The minimum Gasteiger partial charge on any atom is -0.448 e. The van der Waals surface area contributed by atoms with E-state index in [4.69, 9.17) is 10.00 Å². The van der Waals surface area contributed by atoms with Crippen molar-refractivity contribution in [3.63, 3.8) is 0 Å². The third-order valence-corrected chi connectivity index (χ3v) is 3.22. The summed E-state index contributed by atoms with van der Waals surface area (Å²) in [5.41, 5.74) is 1.28. The maximum Gasteiger partial charge on any atom is 0.355 e. The average molecular weight is 325 g/mol. The number of nitrogens with zero attached hydrogens (tertiary/aromatic N) is 1. The third-order valence-electron chi connectivity index (χ3n) is 3.22. The number of aromatic amines is 1. The number of Topliss-reactive ketones (excluding diaryl/α,β-unsaturated/α-hetero) is 1. The monoisotopic (exact) mass is 325 g/mol. The molecule has 2 rings (SSSR count). The number of aromatic nitrogens is 1. The van der Waals surface area contributed by atoms with E-state index >= 15 is 0 Å². The first-order chi connectivity index (χ1) is 11.4. The van der Waals surface area contributed by atoms with Crippen molar-refractivity contribution in [1.82, 2.24) is 4.98 Å². The summed E-state index contributed by atoms with van der Waals surface area (Å²) in [4.78, 5) is 37.9. The number of anilines is 1. The van der Waals surface area contributed by atoms with Gasteiger partial charge in [0.15, 0.2) is 11.9 Å². The quantitative estimate of drug-likeness (QED) is 0.647. The zero-order chi connectivity index (χ0) is 17.7. The van der Waals surface area contributed by atoms with Crippen molar-refractivity contribution in [2.45, 2.75) is 20.0 Å². The van der Waals surface area contributed by atoms with Gasteiger partial charge in [-0.1, -0.05) is 6.07 Å². The molecule has 1 aromatic heterocycles. The summed E-state index contributed by atoms with van der Waals surface area (Å²) in [6.07, 6.45) is 0.351. The molecule has 0 spiro atoms. The van der Waals surface area contributed by atoms with Crippen molar-refractivity contribution in [3.8, 4) is 6.07 Å². The van der Waals surface area contributed by atoms with Crippen LogP contribution in [-0.4, -0.2) is 28.7 Å². The van der Waals surface area contributed by atoms with Crippen molar-refractivity contribution in [1.29, 1.82) is 5.26 Å². The Bertz CT molecular complexity index is 832. The van der Waals surface area contributed by atoms with Crippen molar-refractivity contribution in [2.24, 2.45) is 0 Å². The van der Waals surface area contributed by atoms with Crippen LogP contribution in [0, 0.1) is 11.3 Å². The van der Waals surface area contributed by atoms with Gasteiger partial charge in [0, 0.05) is 17.4 Å². The van der Waals surface area contributed by atoms with Crippen molar-refractivity contribution in [2.75, 3.05) is 5.32 Å². The Balaban J connectivity index is 1.98. The molecular weight excluding hydrogens is 310 g/mol. The van der Waals surface area contributed by atoms with Gasteiger partial charge in [-0.05, 0) is 38.1 Å². The Labute approximate surface area is 138 Å². The Morgan fingerprint density at radius 1 is 1.29 bits per heavy atom. The lowest BCUT2D eigenvalue weighted by Gasteiger charge is -2.13. The van der Waals surface area contributed by atoms with Crippen molar-refractivity contribution >= 4 is 23.3 Å². The highest BCUT2D eigenvalue weighted by atomic mass is 16.5. The summed E-state index contributed by atoms with van der Waals surface area (Å²) in [5, 5.41) is 11.4. The molecule has 1 aromatic carbocycles. The predicted octanol–water partition coefficient (Wildman–Crippen LogP) is 2.27. The molecule has 7 nitrogen and oxygen atoms in total. The standard InChI is InChI=1S/C17H15N3O4/c1-10(21)13-7-15(19-9-13)17(23)24-11(2)16(22)20-14-5-3-4-12(6-14)8-18/h3-7,9,11,19H,1-2H3,(H,20,22)/t11-/m1/s1. The second-order valence-corrected chi connectivity index (χ2v) is 5.09. The highest BCUT2D eigenvalue weighted by molar-refractivity contribution is 5.99. The number of ether oxygens (including phenoxy) is 1. The number of benzene rings is 1. The number of carbonyl (C=O) groups excluding carboxylic acids is 3. The molecule has 2 aromatic rings. The molecule has 0 aliphatic carbocycles. The molecule has 7 heteroatoms. The van der Waals surface area contributed by atoms with Gasteiger partial charge in [0.25, 0.3) is 5.91 Å². The van der Waals surface area contributed by atoms with Crippen LogP contribution in [0.15, 0.2) is 36.5 Å². The predicted molar refractivity (Wildman–Crippen MR) is 85.5 cm³/mol. The second-order valence-electron chi connectivity index (χ2n) is 5.09. The molecular formula is C17H15N3O4. The van der Waals surface area contributed by atoms with Crippen LogP contribution in [0.25, 0.3) is 0 Å². The third kappa shape index (κ3) is 4.08. The molecule has 0 saturated heterocycles. The molecule has 0 radical (unpaired) electrons. The van der Waals surface area contributed by atoms with Gasteiger partial charge in [-0.3, -0.25) is 9.59 Å². The molecule has 2 N–H and O–H groups in total. The number of H-pyrrole nitrogens is 1. The van der Waals surface area contributed by atoms with E-state index in [-0.39, 0.29) is 11.5 Å². The summed E-state index contributed by atoms with van der Waals surface area (Å²) < 4.78 is 5.06. The van der Waals surface area contributed by atoms with Gasteiger partial charge in [0.2, 0.25) is 0 Å². The van der Waals surface area contributed by atoms with E-state index in [1.54, 1.807) is 18.2 Å². The van der Waals surface area contributed by atoms with Gasteiger partial charge < -0.3 is 15.0 Å². The van der Waals surface area contributed by atoms with Gasteiger partial charge in [0.1, 0.15) is 5.69 Å². The number of nitriles is 1. The topological polar surface area (TPSA) is 112 Å². The maximum absolute atomic E-state index is 12.1. The summed E-state index contributed by atoms with van der Waals surface area (Å²) in [6, 6.07) is 9.71. The van der Waals surface area contributed by atoms with Crippen LogP contribution in [0.5, 0.6) is 0 Å². The number of carbonyl (C=O) groups is 3. The van der Waals surface area contributed by atoms with Crippen LogP contribution in [0.4, 0.5) is 5.69 Å². The van der Waals surface area contributed by atoms with Crippen LogP contribution in [-0.2, 0) is 9.53 Å². The minimum atomic E-state index is -1.05. The van der Waals surface area contributed by atoms with E-state index in [2.05, 4.69) is 10.3 Å². The first kappa shape index (κ1) is 17.0. The fourth-order valence-corrected chi connectivity index (χ4v) is 1.90. The molecule has 1 heterocycles. The SMILES string of the molecule is CC(=O)c1c[nH]c(C(=O)O[C@H](C)C(=O)Nc2cccc(C#N)c2)c1. The zero-order valence-corrected chi connectivity index (χ0v) is 13.1. The second kappa shape index (κ2) is 7.24. The molecule has 1 amide bonds. The van der Waals surface area contributed by atoms with E-state index in [9.17, 15) is 14.4 Å². The van der Waals surface area contributed by atoms with Gasteiger partial charge in [-0.25, -0.2) is 4.79 Å². The lowest BCUT2D eigenvalue weighted by atomic mass is 10.2. The Hall–Kier alpha value is -3.40. The van der Waals surface area contributed by atoms with E-state index < -0.39 is 18.0 Å². The average Bonchev–Trinajstić information content (AvgIpc) is 3.05. The van der Waals surface area contributed by atoms with Gasteiger partial charge in [-0.15, -0.1) is 0 Å². The molecule has 1 atom stereocenters. The molecule has 24 heavy (non-hydrogen) atoms. The van der Waals surface area contributed by atoms with E-state index in [0.29, 0.717) is 16.8 Å². The number of hydrogen-bond acceptors (Lipinski definition) is 5. The fraction of sp³-hybridized carbons (Fsp3) is 0.176. The highest BCUT2D eigenvalue weighted by Crippen LogP contribution is 2.12. The van der Waals surface area contributed by atoms with Crippen molar-refractivity contribution < 1.29 is 19.1 Å². The molecule has 0 unspecified atom stereocenters. The lowest BCUT2D eigenvalue weighted by molar-refractivity contribution is -0.123. The number of hydrogen-bond donors (Lipinski definition) is 2. The van der Waals surface area contributed by atoms with Gasteiger partial charge >= 0.3 is 5.97 Å². The number of amides is 1. The van der Waals surface area contributed by atoms with E-state index in [0.717, 1.165) is 0 Å². The van der Waals surface area contributed by atoms with Crippen molar-refractivity contribution in [3.05, 3.63) is 53.3 Å². The largest absolute Gasteiger partial charge is 0.448 e. The lowest BCUT2D eigenvalue weighted by Crippen LogP contribution is -2.30. The fourth-order valence-electron chi connectivity index (χ4n) is 1.90. The number of esters is 1. The van der Waals surface area contributed by atoms with Crippen LogP contribution in [0.1, 0.15) is 40.3 Å². The number of nitrogens with one attached hydrogen (secondary N) is 2. The summed E-state index contributed by atoms with van der Waals surface area (Å²) in [5.74, 6) is -1.46. The first-order valence-electron chi connectivity index (χ1n) is 7.12. The van der Waals surface area contributed by atoms with Crippen LogP contribution < -0.4 is 5.32 Å². The maximum atomic E-state index is 12.1. The van der Waals surface area contributed by atoms with Gasteiger partial charge in [0.05, 0.1) is 11.6 Å². The molecule has 0 aliphatic rings. The summed E-state index contributed by atoms with van der Waals surface area (Å²) in [7, 11) is 0. The van der Waals surface area contributed by atoms with Crippen LogP contribution in [0.2, 0.25) is 0 Å². The Morgan fingerprint density at radius 2 is 2.04 bits per heavy atom. The molecule has 0 bridgehead atoms. The normalized spacial score (nSPS) is 11.2. The smallest absolute Gasteiger partial charge is 0.355 e. The number of ketones is 1. The highest BCUT2D eigenvalue weighted by Gasteiger charge is 2.20. The Morgan fingerprint density at radius 3 is 2.67 bits per heavy atom. The zero-order valence-electron chi connectivity index (χ0n) is 13.1. The number of rotatable bonds is 5. The summed E-state index contributed by atoms with van der Waals surface area (Å²) >= 11 is 0. The van der Waals surface area contributed by atoms with Gasteiger partial charge in [-0.2, -0.15) is 5.26 Å². The Kier molecular flexibility index (Phi) is 5.12. The van der Waals surface area contributed by atoms with E-state index in [1.165, 1.54) is 32.2 Å². The molecule has 0 aliphatic heterocycles. The minimum absolute atomic E-state index is 0.0892. The molecule has 122 valence electrons. The summed E-state index contributed by atoms with van der Waals surface area (Å²) in [6.45, 7) is 2.81. The first-order valence-corrected chi connectivity index (χ1v) is 7.12. The van der Waals surface area contributed by atoms with Crippen LogP contribution >= 0.6 is 0 Å². The molecule has 0 fully saturated rings. The van der Waals surface area contributed by atoms with E-state index in [1.807, 2.05) is 6.07 Å². The molecule has 0 saturated carbocycles.